The third-order valence-electron chi connectivity index (χ3n) is 5.50. The molecule has 3 fully saturated rings. The van der Waals surface area contributed by atoms with Crippen LogP contribution in [0.2, 0.25) is 0 Å². The van der Waals surface area contributed by atoms with Gasteiger partial charge >= 0.3 is 0 Å². The van der Waals surface area contributed by atoms with Gasteiger partial charge in [0.25, 0.3) is 17.8 Å². The summed E-state index contributed by atoms with van der Waals surface area (Å²) in [5, 5.41) is 2.46. The Balaban J connectivity index is 1.51. The van der Waals surface area contributed by atoms with Crippen molar-refractivity contribution in [2.45, 2.75) is 49.5 Å². The zero-order chi connectivity index (χ0) is 21.7. The van der Waals surface area contributed by atoms with Crippen LogP contribution < -0.4 is 20.7 Å². The molecule has 0 radical (unpaired) electrons. The molecule has 7 nitrogen and oxygen atoms in total. The standard InChI is InChI=1S/C19H22F4N4O3/c20-18(21)7-17(8-18,5-14(24)28)26-15(29)12-3-4-13(27-9-19(22,23)10-27)16(25-12)30-6-11-1-2-11/h3-4,11H,1-2,5-10H2,(H2,24,28)(H,26,29). The maximum atomic E-state index is 13.4. The van der Waals surface area contributed by atoms with Gasteiger partial charge in [-0.2, -0.15) is 0 Å². The maximum absolute atomic E-state index is 13.4. The van der Waals surface area contributed by atoms with Crippen molar-refractivity contribution < 1.29 is 31.9 Å². The van der Waals surface area contributed by atoms with Gasteiger partial charge in [-0.15, -0.1) is 0 Å². The zero-order valence-electron chi connectivity index (χ0n) is 16.1. The van der Waals surface area contributed by atoms with E-state index in [1.807, 2.05) is 0 Å². The first-order valence-corrected chi connectivity index (χ1v) is 9.71. The summed E-state index contributed by atoms with van der Waals surface area (Å²) in [5.41, 5.74) is 3.95. The van der Waals surface area contributed by atoms with E-state index in [0.29, 0.717) is 18.2 Å². The Morgan fingerprint density at radius 1 is 1.17 bits per heavy atom. The third kappa shape index (κ3) is 4.44. The summed E-state index contributed by atoms with van der Waals surface area (Å²) in [6.45, 7) is -0.596. The second kappa shape index (κ2) is 6.98. The maximum Gasteiger partial charge on any atom is 0.282 e. The molecule has 1 aliphatic heterocycles. The molecular formula is C19H22F4N4O3. The molecule has 0 unspecified atom stereocenters. The van der Waals surface area contributed by atoms with Gasteiger partial charge in [0.15, 0.2) is 0 Å². The molecule has 2 heterocycles. The lowest BCUT2D eigenvalue weighted by Gasteiger charge is -2.47. The van der Waals surface area contributed by atoms with E-state index in [2.05, 4.69) is 10.3 Å². The van der Waals surface area contributed by atoms with E-state index in [1.165, 1.54) is 17.0 Å². The van der Waals surface area contributed by atoms with Gasteiger partial charge in [0.05, 0.1) is 25.2 Å². The molecule has 0 aromatic carbocycles. The highest BCUT2D eigenvalue weighted by Gasteiger charge is 2.58. The number of amides is 2. The number of alkyl halides is 4. The van der Waals surface area contributed by atoms with Crippen LogP contribution in [0.4, 0.5) is 23.2 Å². The van der Waals surface area contributed by atoms with E-state index in [0.717, 1.165) is 12.8 Å². The number of halogens is 4. The molecule has 3 N–H and O–H groups in total. The summed E-state index contributed by atoms with van der Waals surface area (Å²) in [5.74, 6) is -6.93. The predicted octanol–water partition coefficient (Wildman–Crippen LogP) is 2.10. The minimum absolute atomic E-state index is 0.0490. The van der Waals surface area contributed by atoms with Crippen LogP contribution in [0.3, 0.4) is 0 Å². The third-order valence-corrected chi connectivity index (χ3v) is 5.50. The second-order valence-corrected chi connectivity index (χ2v) is 8.57. The van der Waals surface area contributed by atoms with Crippen molar-refractivity contribution in [3.63, 3.8) is 0 Å². The normalized spacial score (nSPS) is 23.1. The van der Waals surface area contributed by atoms with Crippen molar-refractivity contribution in [2.24, 2.45) is 11.7 Å². The van der Waals surface area contributed by atoms with Gasteiger partial charge in [0, 0.05) is 19.3 Å². The Bertz CT molecular complexity index is 859. The van der Waals surface area contributed by atoms with Gasteiger partial charge in [0.1, 0.15) is 11.4 Å². The molecule has 30 heavy (non-hydrogen) atoms. The molecule has 0 spiro atoms. The van der Waals surface area contributed by atoms with Crippen LogP contribution in [0, 0.1) is 5.92 Å². The molecular weight excluding hydrogens is 408 g/mol. The summed E-state index contributed by atoms with van der Waals surface area (Å²) in [6, 6.07) is 2.77. The number of carbonyl (C=O) groups excluding carboxylic acids is 2. The first kappa shape index (κ1) is 20.7. The molecule has 1 saturated heterocycles. The number of ether oxygens (including phenoxy) is 1. The largest absolute Gasteiger partial charge is 0.476 e. The number of nitrogens with zero attached hydrogens (tertiary/aromatic N) is 2. The van der Waals surface area contributed by atoms with E-state index >= 15 is 0 Å². The fourth-order valence-corrected chi connectivity index (χ4v) is 3.90. The molecule has 0 bridgehead atoms. The number of pyridine rings is 1. The quantitative estimate of drug-likeness (QED) is 0.616. The highest BCUT2D eigenvalue weighted by molar-refractivity contribution is 5.94. The molecule has 4 rings (SSSR count). The van der Waals surface area contributed by atoms with Crippen LogP contribution in [0.25, 0.3) is 0 Å². The number of rotatable bonds is 8. The van der Waals surface area contributed by atoms with Crippen molar-refractivity contribution in [3.8, 4) is 5.88 Å². The van der Waals surface area contributed by atoms with Crippen molar-refractivity contribution in [1.82, 2.24) is 10.3 Å². The fourth-order valence-electron chi connectivity index (χ4n) is 3.90. The Morgan fingerprint density at radius 2 is 1.83 bits per heavy atom. The Kier molecular flexibility index (Phi) is 4.81. The first-order valence-electron chi connectivity index (χ1n) is 9.71. The lowest BCUT2D eigenvalue weighted by molar-refractivity contribution is -0.142. The number of hydrogen-bond acceptors (Lipinski definition) is 5. The van der Waals surface area contributed by atoms with Gasteiger partial charge < -0.3 is 20.7 Å². The summed E-state index contributed by atoms with van der Waals surface area (Å²) in [6.07, 6.45) is 0.198. The average Bonchev–Trinajstić information content (AvgIpc) is 3.39. The molecule has 11 heteroatoms. The number of carbonyl (C=O) groups is 2. The lowest BCUT2D eigenvalue weighted by Crippen LogP contribution is -2.63. The molecule has 0 atom stereocenters. The van der Waals surface area contributed by atoms with Crippen LogP contribution in [0.5, 0.6) is 5.88 Å². The van der Waals surface area contributed by atoms with Crippen molar-refractivity contribution in [3.05, 3.63) is 17.8 Å². The van der Waals surface area contributed by atoms with Gasteiger partial charge in [-0.05, 0) is 30.9 Å². The molecule has 2 amide bonds. The van der Waals surface area contributed by atoms with Gasteiger partial charge in [0.2, 0.25) is 11.8 Å². The molecule has 2 aliphatic carbocycles. The van der Waals surface area contributed by atoms with Crippen molar-refractivity contribution in [1.29, 1.82) is 0 Å². The van der Waals surface area contributed by atoms with Gasteiger partial charge in [-0.1, -0.05) is 0 Å². The molecule has 1 aromatic heterocycles. The van der Waals surface area contributed by atoms with E-state index in [4.69, 9.17) is 10.5 Å². The van der Waals surface area contributed by atoms with Crippen LogP contribution in [0.15, 0.2) is 12.1 Å². The topological polar surface area (TPSA) is 97.5 Å². The van der Waals surface area contributed by atoms with E-state index in [1.54, 1.807) is 0 Å². The first-order chi connectivity index (χ1) is 14.0. The molecule has 2 saturated carbocycles. The van der Waals surface area contributed by atoms with Crippen LogP contribution in [-0.4, -0.2) is 53.9 Å². The molecule has 164 valence electrons. The Labute approximate surface area is 169 Å². The summed E-state index contributed by atoms with van der Waals surface area (Å²) < 4.78 is 59.1. The van der Waals surface area contributed by atoms with Gasteiger partial charge in [-0.3, -0.25) is 9.59 Å². The van der Waals surface area contributed by atoms with E-state index < -0.39 is 61.6 Å². The lowest BCUT2D eigenvalue weighted by atomic mass is 9.71. The van der Waals surface area contributed by atoms with Crippen LogP contribution >= 0.6 is 0 Å². The van der Waals surface area contributed by atoms with Gasteiger partial charge in [-0.25, -0.2) is 22.5 Å². The van der Waals surface area contributed by atoms with Crippen LogP contribution in [0.1, 0.15) is 42.6 Å². The van der Waals surface area contributed by atoms with Crippen molar-refractivity contribution >= 4 is 17.5 Å². The fraction of sp³-hybridized carbons (Fsp3) is 0.632. The van der Waals surface area contributed by atoms with E-state index in [9.17, 15) is 27.2 Å². The number of aromatic nitrogens is 1. The number of nitrogens with two attached hydrogens (primary N) is 1. The number of primary amides is 1. The van der Waals surface area contributed by atoms with E-state index in [-0.39, 0.29) is 11.6 Å². The predicted molar refractivity (Wildman–Crippen MR) is 97.8 cm³/mol. The number of anilines is 1. The Hall–Kier alpha value is -2.59. The molecule has 3 aliphatic rings. The number of hydrogen-bond donors (Lipinski definition) is 2. The minimum Gasteiger partial charge on any atom is -0.476 e. The molecule has 1 aromatic rings. The van der Waals surface area contributed by atoms with Crippen molar-refractivity contribution in [2.75, 3.05) is 24.6 Å². The zero-order valence-corrected chi connectivity index (χ0v) is 16.1. The highest BCUT2D eigenvalue weighted by Crippen LogP contribution is 2.47. The Morgan fingerprint density at radius 3 is 2.37 bits per heavy atom. The average molecular weight is 430 g/mol. The highest BCUT2D eigenvalue weighted by atomic mass is 19.3. The number of nitrogens with one attached hydrogen (secondary N) is 1. The van der Waals surface area contributed by atoms with Crippen LogP contribution in [-0.2, 0) is 4.79 Å². The minimum atomic E-state index is -2.98. The summed E-state index contributed by atoms with van der Waals surface area (Å²) in [7, 11) is 0. The smallest absolute Gasteiger partial charge is 0.282 e. The SMILES string of the molecule is NC(=O)CC1(NC(=O)c2ccc(N3CC(F)(F)C3)c(OCC3CC3)n2)CC(F)(F)C1. The summed E-state index contributed by atoms with van der Waals surface area (Å²) >= 11 is 0. The second-order valence-electron chi connectivity index (χ2n) is 8.57. The monoisotopic (exact) mass is 430 g/mol. The summed E-state index contributed by atoms with van der Waals surface area (Å²) in [4.78, 5) is 29.5.